The number of nitrogens with zero attached hydrogens (tertiary/aromatic N) is 1. The van der Waals surface area contributed by atoms with Crippen molar-refractivity contribution < 1.29 is 18.5 Å². The normalized spacial score (nSPS) is 24.0. The molecule has 5 nitrogen and oxygen atoms in total. The number of carbonyl (C=O) groups is 1. The van der Waals surface area contributed by atoms with E-state index in [-0.39, 0.29) is 23.0 Å². The summed E-state index contributed by atoms with van der Waals surface area (Å²) in [5, 5.41) is 0. The Labute approximate surface area is 143 Å². The summed E-state index contributed by atoms with van der Waals surface area (Å²) >= 11 is 0. The Balaban J connectivity index is 2.80. The molecule has 1 aliphatic heterocycles. The third-order valence-electron chi connectivity index (χ3n) is 4.21. The van der Waals surface area contributed by atoms with E-state index in [0.29, 0.717) is 13.2 Å². The van der Waals surface area contributed by atoms with Crippen molar-refractivity contribution in [1.82, 2.24) is 4.90 Å². The maximum Gasteiger partial charge on any atom is 0.410 e. The number of rotatable bonds is 4. The highest BCUT2D eigenvalue weighted by Gasteiger charge is 2.41. The van der Waals surface area contributed by atoms with E-state index in [1.807, 2.05) is 20.8 Å². The Hall–Kier alpha value is -0.460. The van der Waals surface area contributed by atoms with Crippen LogP contribution >= 0.6 is 10.3 Å². The lowest BCUT2D eigenvalue weighted by atomic mass is 10.2. The van der Waals surface area contributed by atoms with Crippen LogP contribution in [0.25, 0.3) is 0 Å². The molecule has 1 saturated heterocycles. The van der Waals surface area contributed by atoms with Crippen molar-refractivity contribution in [1.29, 1.82) is 0 Å². The number of carbonyl (C=O) groups excluding carboxylic acids is 1. The van der Waals surface area contributed by atoms with Crippen LogP contribution in [0.4, 0.5) is 4.79 Å². The zero-order valence-electron chi connectivity index (χ0n) is 16.3. The molecule has 1 fully saturated rings. The summed E-state index contributed by atoms with van der Waals surface area (Å²) in [4.78, 5) is 14.2. The molecule has 6 heteroatoms. The molecule has 0 aromatic carbocycles. The first-order valence-corrected chi connectivity index (χ1v) is 10.5. The van der Waals surface area contributed by atoms with E-state index in [2.05, 4.69) is 33.3 Å². The number of methoxy groups -OCH3 is 1. The molecular formula is C17H35NO4S. The number of hydrogen-bond acceptors (Lipinski definition) is 4. The van der Waals surface area contributed by atoms with Gasteiger partial charge in [-0.2, -0.15) is 0 Å². The van der Waals surface area contributed by atoms with Gasteiger partial charge >= 0.3 is 6.09 Å². The van der Waals surface area contributed by atoms with Crippen molar-refractivity contribution in [3.05, 3.63) is 0 Å². The third kappa shape index (κ3) is 5.84. The molecular weight excluding hydrogens is 314 g/mol. The molecule has 0 N–H and O–H groups in total. The molecule has 2 atom stereocenters. The van der Waals surface area contributed by atoms with E-state index in [4.69, 9.17) is 13.7 Å². The average molecular weight is 350 g/mol. The van der Waals surface area contributed by atoms with Gasteiger partial charge in [-0.25, -0.2) is 4.79 Å². The minimum absolute atomic E-state index is 0.00928. The maximum atomic E-state index is 12.5. The zero-order valence-corrected chi connectivity index (χ0v) is 17.1. The summed E-state index contributed by atoms with van der Waals surface area (Å²) in [7, 11) is 0.435. The van der Waals surface area contributed by atoms with Crippen LogP contribution < -0.4 is 0 Å². The molecule has 0 aliphatic carbocycles. The van der Waals surface area contributed by atoms with Crippen LogP contribution in [-0.4, -0.2) is 66.3 Å². The summed E-state index contributed by atoms with van der Waals surface area (Å²) < 4.78 is 17.3. The highest BCUT2D eigenvalue weighted by atomic mass is 32.3. The molecule has 1 rings (SSSR count). The fourth-order valence-corrected chi connectivity index (χ4v) is 3.43. The fourth-order valence-electron chi connectivity index (χ4n) is 2.32. The van der Waals surface area contributed by atoms with E-state index in [0.717, 1.165) is 6.42 Å². The van der Waals surface area contributed by atoms with Crippen LogP contribution in [0.15, 0.2) is 0 Å². The Kier molecular flexibility index (Phi) is 6.44. The average Bonchev–Trinajstić information content (AvgIpc) is 2.68. The largest absolute Gasteiger partial charge is 0.444 e. The van der Waals surface area contributed by atoms with Crippen LogP contribution in [0, 0.1) is 0 Å². The molecule has 1 unspecified atom stereocenters. The van der Waals surface area contributed by atoms with Crippen molar-refractivity contribution in [2.24, 2.45) is 0 Å². The van der Waals surface area contributed by atoms with Gasteiger partial charge < -0.3 is 18.6 Å². The topological polar surface area (TPSA) is 48.0 Å². The van der Waals surface area contributed by atoms with E-state index in [1.54, 1.807) is 12.0 Å². The van der Waals surface area contributed by atoms with Gasteiger partial charge in [-0.1, -0.05) is 20.8 Å². The van der Waals surface area contributed by atoms with Gasteiger partial charge in [0.15, 0.2) is 0 Å². The number of likely N-dealkylation sites (tertiary alicyclic amines) is 1. The molecule has 0 spiro atoms. The summed E-state index contributed by atoms with van der Waals surface area (Å²) in [5.74, 6) is 0. The van der Waals surface area contributed by atoms with Gasteiger partial charge in [0.05, 0.1) is 25.3 Å². The molecule has 1 amide bonds. The van der Waals surface area contributed by atoms with Crippen LogP contribution in [-0.2, 0) is 13.7 Å². The second kappa shape index (κ2) is 7.19. The second-order valence-electron chi connectivity index (χ2n) is 8.54. The van der Waals surface area contributed by atoms with Gasteiger partial charge in [0.1, 0.15) is 5.60 Å². The SMILES string of the molecule is COCC1C[C@H](OS(C)(C)C(C)(C)C)CN1C(=O)OC(C)(C)C. The predicted molar refractivity (Wildman–Crippen MR) is 97.3 cm³/mol. The van der Waals surface area contributed by atoms with E-state index in [9.17, 15) is 4.79 Å². The first kappa shape index (κ1) is 20.6. The maximum absolute atomic E-state index is 12.5. The van der Waals surface area contributed by atoms with Crippen LogP contribution in [0.5, 0.6) is 0 Å². The molecule has 23 heavy (non-hydrogen) atoms. The van der Waals surface area contributed by atoms with Gasteiger partial charge in [0, 0.05) is 11.9 Å². The lowest BCUT2D eigenvalue weighted by Crippen LogP contribution is -2.42. The Bertz CT molecular complexity index is 412. The van der Waals surface area contributed by atoms with Crippen LogP contribution in [0.1, 0.15) is 48.0 Å². The summed E-state index contributed by atoms with van der Waals surface area (Å²) in [6, 6.07) is 0.00928. The summed E-state index contributed by atoms with van der Waals surface area (Å²) in [6.07, 6.45) is 4.92. The van der Waals surface area contributed by atoms with E-state index in [1.165, 1.54) is 0 Å². The van der Waals surface area contributed by atoms with Crippen molar-refractivity contribution in [3.8, 4) is 0 Å². The molecule has 0 radical (unpaired) electrons. The Morgan fingerprint density at radius 1 is 1.17 bits per heavy atom. The molecule has 0 aromatic rings. The Morgan fingerprint density at radius 2 is 1.74 bits per heavy atom. The molecule has 1 aliphatic rings. The molecule has 138 valence electrons. The lowest BCUT2D eigenvalue weighted by molar-refractivity contribution is 0.0140. The fraction of sp³-hybridized carbons (Fsp3) is 0.941. The van der Waals surface area contributed by atoms with E-state index >= 15 is 0 Å². The molecule has 0 aromatic heterocycles. The molecule has 0 bridgehead atoms. The second-order valence-corrected chi connectivity index (χ2v) is 12.4. The van der Waals surface area contributed by atoms with Crippen LogP contribution in [0.2, 0.25) is 0 Å². The first-order chi connectivity index (χ1) is 10.3. The van der Waals surface area contributed by atoms with Crippen LogP contribution in [0.3, 0.4) is 0 Å². The third-order valence-corrected chi connectivity index (χ3v) is 7.92. The number of amides is 1. The van der Waals surface area contributed by atoms with Gasteiger partial charge in [0.2, 0.25) is 0 Å². The summed E-state index contributed by atoms with van der Waals surface area (Å²) in [6.45, 7) is 13.3. The van der Waals surface area contributed by atoms with Gasteiger partial charge in [-0.15, -0.1) is 10.3 Å². The van der Waals surface area contributed by atoms with Crippen molar-refractivity contribution in [3.63, 3.8) is 0 Å². The quantitative estimate of drug-likeness (QED) is 0.774. The van der Waals surface area contributed by atoms with Gasteiger partial charge in [-0.3, -0.25) is 0 Å². The standard InChI is InChI=1S/C17H35NO4S/c1-16(2,3)21-15(19)18-11-14(10-13(18)12-20-7)22-23(8,9)17(4,5)6/h13-14H,10-12H2,1-9H3/t13?,14-/m0/s1. The number of ether oxygens (including phenoxy) is 2. The van der Waals surface area contributed by atoms with Crippen molar-refractivity contribution in [2.75, 3.05) is 32.8 Å². The highest BCUT2D eigenvalue weighted by molar-refractivity contribution is 8.29. The van der Waals surface area contributed by atoms with Gasteiger partial charge in [0.25, 0.3) is 0 Å². The predicted octanol–water partition coefficient (Wildman–Crippen LogP) is 3.81. The monoisotopic (exact) mass is 349 g/mol. The Morgan fingerprint density at radius 3 is 2.17 bits per heavy atom. The summed E-state index contributed by atoms with van der Waals surface area (Å²) in [5.41, 5.74) is -0.496. The number of hydrogen-bond donors (Lipinski definition) is 0. The van der Waals surface area contributed by atoms with Crippen molar-refractivity contribution >= 4 is 16.4 Å². The van der Waals surface area contributed by atoms with E-state index < -0.39 is 15.9 Å². The van der Waals surface area contributed by atoms with Crippen molar-refractivity contribution in [2.45, 2.75) is 70.5 Å². The zero-order chi connectivity index (χ0) is 18.1. The smallest absolute Gasteiger partial charge is 0.410 e. The minimum Gasteiger partial charge on any atom is -0.444 e. The molecule has 0 saturated carbocycles. The molecule has 1 heterocycles. The minimum atomic E-state index is -1.22. The highest BCUT2D eigenvalue weighted by Crippen LogP contribution is 2.55. The first-order valence-electron chi connectivity index (χ1n) is 8.16. The van der Waals surface area contributed by atoms with Gasteiger partial charge in [-0.05, 0) is 39.7 Å². The lowest BCUT2D eigenvalue weighted by Gasteiger charge is -2.45.